The normalized spacial score (nSPS) is 12.1. The number of carbonyl (C=O) groups excluding carboxylic acids is 2. The number of amides is 1. The molecule has 2 aromatic rings. The summed E-state index contributed by atoms with van der Waals surface area (Å²) >= 11 is 0. The van der Waals surface area contributed by atoms with Crippen LogP contribution in [0, 0.1) is 0 Å². The Labute approximate surface area is 178 Å². The molecule has 2 rings (SSSR count). The Morgan fingerprint density at radius 3 is 2.20 bits per heavy atom. The van der Waals surface area contributed by atoms with Gasteiger partial charge in [-0.1, -0.05) is 0 Å². The molecular weight excluding hydrogens is 384 g/mol. The Bertz CT molecular complexity index is 841. The first-order valence-corrected chi connectivity index (χ1v) is 9.81. The minimum Gasteiger partial charge on any atom is -0.497 e. The number of carbonyl (C=O) groups is 2. The highest BCUT2D eigenvalue weighted by Gasteiger charge is 2.22. The Morgan fingerprint density at radius 1 is 1.07 bits per heavy atom. The second-order valence-electron chi connectivity index (χ2n) is 8.00. The smallest absolute Gasteiger partial charge is 0.410 e. The molecule has 0 aliphatic heterocycles. The summed E-state index contributed by atoms with van der Waals surface area (Å²) in [6, 6.07) is 10.8. The quantitative estimate of drug-likeness (QED) is 0.584. The van der Waals surface area contributed by atoms with E-state index in [0.717, 1.165) is 5.75 Å². The second kappa shape index (κ2) is 10.1. The van der Waals surface area contributed by atoms with Gasteiger partial charge in [0.05, 0.1) is 12.8 Å². The predicted molar refractivity (Wildman–Crippen MR) is 114 cm³/mol. The fourth-order valence-electron chi connectivity index (χ4n) is 2.63. The van der Waals surface area contributed by atoms with Gasteiger partial charge in [0.25, 0.3) is 0 Å². The van der Waals surface area contributed by atoms with Crippen LogP contribution in [-0.2, 0) is 4.74 Å². The van der Waals surface area contributed by atoms with Crippen LogP contribution in [0.4, 0.5) is 4.79 Å². The molecule has 0 aliphatic carbocycles. The molecule has 0 radical (unpaired) electrons. The number of pyridine rings is 1. The zero-order chi connectivity index (χ0) is 22.3. The average molecular weight is 415 g/mol. The fraction of sp³-hybridized carbons (Fsp3) is 0.435. The molecule has 0 saturated heterocycles. The lowest BCUT2D eigenvalue weighted by molar-refractivity contribution is 0.0277. The maximum atomic E-state index is 12.3. The number of rotatable bonds is 8. The summed E-state index contributed by atoms with van der Waals surface area (Å²) in [7, 11) is 3.29. The van der Waals surface area contributed by atoms with Crippen molar-refractivity contribution in [2.75, 3.05) is 20.7 Å². The lowest BCUT2D eigenvalue weighted by atomic mass is 10.1. The molecule has 0 fully saturated rings. The second-order valence-corrected chi connectivity index (χ2v) is 8.00. The van der Waals surface area contributed by atoms with Crippen molar-refractivity contribution in [1.29, 1.82) is 0 Å². The topological polar surface area (TPSA) is 78.0 Å². The van der Waals surface area contributed by atoms with E-state index in [0.29, 0.717) is 30.0 Å². The van der Waals surface area contributed by atoms with Gasteiger partial charge in [-0.25, -0.2) is 4.79 Å². The molecule has 0 spiro atoms. The zero-order valence-corrected chi connectivity index (χ0v) is 18.5. The van der Waals surface area contributed by atoms with Crippen molar-refractivity contribution in [2.24, 2.45) is 0 Å². The van der Waals surface area contributed by atoms with E-state index in [1.165, 1.54) is 11.8 Å². The number of nitrogens with zero attached hydrogens (tertiary/aromatic N) is 2. The number of Topliss-reactive ketones (excluding diaryl/α,β-unsaturated/α-hetero) is 1. The maximum absolute atomic E-state index is 12.3. The molecule has 1 aromatic heterocycles. The van der Waals surface area contributed by atoms with Gasteiger partial charge < -0.3 is 19.1 Å². The molecule has 30 heavy (non-hydrogen) atoms. The van der Waals surface area contributed by atoms with Crippen LogP contribution < -0.4 is 9.47 Å². The highest BCUT2D eigenvalue weighted by Crippen LogP contribution is 2.26. The molecule has 1 heterocycles. The van der Waals surface area contributed by atoms with Gasteiger partial charge in [-0.05, 0) is 64.1 Å². The standard InChI is InChI=1S/C23H30N2O5/c1-16(26)17-7-12-20(24-15-17)21(29-19-10-8-18(28-6)9-11-19)13-14-25(5)22(27)30-23(2,3)4/h7-12,15,21H,13-14H2,1-6H3. The summed E-state index contributed by atoms with van der Waals surface area (Å²) in [5.74, 6) is 1.33. The first kappa shape index (κ1) is 23.2. The number of ether oxygens (including phenoxy) is 3. The average Bonchev–Trinajstić information content (AvgIpc) is 2.70. The van der Waals surface area contributed by atoms with E-state index in [-0.39, 0.29) is 5.78 Å². The summed E-state index contributed by atoms with van der Waals surface area (Å²) in [5.41, 5.74) is 0.648. The van der Waals surface area contributed by atoms with Crippen molar-refractivity contribution in [3.8, 4) is 11.5 Å². The number of benzene rings is 1. The Morgan fingerprint density at radius 2 is 1.70 bits per heavy atom. The molecule has 1 aromatic carbocycles. The SMILES string of the molecule is COc1ccc(OC(CCN(C)C(=O)OC(C)(C)C)c2ccc(C(C)=O)cn2)cc1. The summed E-state index contributed by atoms with van der Waals surface area (Å²) in [6.07, 6.45) is 1.23. The number of hydrogen-bond donors (Lipinski definition) is 0. The summed E-state index contributed by atoms with van der Waals surface area (Å²) < 4.78 is 16.7. The Balaban J connectivity index is 2.15. The van der Waals surface area contributed by atoms with E-state index in [2.05, 4.69) is 4.98 Å². The van der Waals surface area contributed by atoms with Gasteiger partial charge >= 0.3 is 6.09 Å². The monoisotopic (exact) mass is 414 g/mol. The zero-order valence-electron chi connectivity index (χ0n) is 18.5. The van der Waals surface area contributed by atoms with Crippen LogP contribution in [0.1, 0.15) is 56.3 Å². The number of aromatic nitrogens is 1. The number of methoxy groups -OCH3 is 1. The van der Waals surface area contributed by atoms with Gasteiger partial charge in [-0.2, -0.15) is 0 Å². The molecule has 7 heteroatoms. The van der Waals surface area contributed by atoms with Gasteiger partial charge in [0.15, 0.2) is 5.78 Å². The third kappa shape index (κ3) is 7.06. The van der Waals surface area contributed by atoms with E-state index in [4.69, 9.17) is 14.2 Å². The van der Waals surface area contributed by atoms with Crippen molar-refractivity contribution >= 4 is 11.9 Å². The lowest BCUT2D eigenvalue weighted by Gasteiger charge is -2.26. The van der Waals surface area contributed by atoms with E-state index >= 15 is 0 Å². The van der Waals surface area contributed by atoms with E-state index in [9.17, 15) is 9.59 Å². The van der Waals surface area contributed by atoms with Gasteiger partial charge in [0, 0.05) is 31.8 Å². The van der Waals surface area contributed by atoms with Crippen molar-refractivity contribution in [3.05, 3.63) is 53.9 Å². The van der Waals surface area contributed by atoms with Crippen LogP contribution in [0.3, 0.4) is 0 Å². The van der Waals surface area contributed by atoms with E-state index in [1.54, 1.807) is 32.5 Å². The van der Waals surface area contributed by atoms with Gasteiger partial charge in [0.1, 0.15) is 23.2 Å². The van der Waals surface area contributed by atoms with E-state index in [1.807, 2.05) is 45.0 Å². The van der Waals surface area contributed by atoms with Crippen LogP contribution in [0.25, 0.3) is 0 Å². The molecule has 162 valence electrons. The van der Waals surface area contributed by atoms with Gasteiger partial charge in [0.2, 0.25) is 0 Å². The van der Waals surface area contributed by atoms with Crippen molar-refractivity contribution in [1.82, 2.24) is 9.88 Å². The maximum Gasteiger partial charge on any atom is 0.410 e. The third-order valence-electron chi connectivity index (χ3n) is 4.29. The van der Waals surface area contributed by atoms with Crippen LogP contribution >= 0.6 is 0 Å². The fourth-order valence-corrected chi connectivity index (χ4v) is 2.63. The molecule has 0 saturated carbocycles. The molecule has 7 nitrogen and oxygen atoms in total. The molecule has 1 unspecified atom stereocenters. The number of hydrogen-bond acceptors (Lipinski definition) is 6. The highest BCUT2D eigenvalue weighted by molar-refractivity contribution is 5.93. The first-order valence-electron chi connectivity index (χ1n) is 9.81. The molecule has 1 amide bonds. The molecule has 0 bridgehead atoms. The molecule has 0 N–H and O–H groups in total. The largest absolute Gasteiger partial charge is 0.497 e. The Hall–Kier alpha value is -3.09. The minimum absolute atomic E-state index is 0.0497. The van der Waals surface area contributed by atoms with Crippen LogP contribution in [-0.4, -0.2) is 48.1 Å². The Kier molecular flexibility index (Phi) is 7.80. The molecule has 1 atom stereocenters. The van der Waals surface area contributed by atoms with Crippen molar-refractivity contribution in [2.45, 2.75) is 45.8 Å². The first-order chi connectivity index (χ1) is 14.1. The van der Waals surface area contributed by atoms with Crippen molar-refractivity contribution < 1.29 is 23.8 Å². The summed E-state index contributed by atoms with van der Waals surface area (Å²) in [5, 5.41) is 0. The van der Waals surface area contributed by atoms with E-state index < -0.39 is 17.8 Å². The highest BCUT2D eigenvalue weighted by atomic mass is 16.6. The molecular formula is C23H30N2O5. The van der Waals surface area contributed by atoms with Gasteiger partial charge in [-0.3, -0.25) is 9.78 Å². The third-order valence-corrected chi connectivity index (χ3v) is 4.29. The number of ketones is 1. The molecule has 0 aliphatic rings. The summed E-state index contributed by atoms with van der Waals surface area (Å²) in [6.45, 7) is 7.39. The van der Waals surface area contributed by atoms with Crippen molar-refractivity contribution in [3.63, 3.8) is 0 Å². The lowest BCUT2D eigenvalue weighted by Crippen LogP contribution is -2.35. The van der Waals surface area contributed by atoms with Crippen LogP contribution in [0.5, 0.6) is 11.5 Å². The van der Waals surface area contributed by atoms with Crippen LogP contribution in [0.15, 0.2) is 42.6 Å². The summed E-state index contributed by atoms with van der Waals surface area (Å²) in [4.78, 5) is 29.7. The minimum atomic E-state index is -0.561. The van der Waals surface area contributed by atoms with Gasteiger partial charge in [-0.15, -0.1) is 0 Å². The van der Waals surface area contributed by atoms with Crippen LogP contribution in [0.2, 0.25) is 0 Å². The predicted octanol–water partition coefficient (Wildman–Crippen LogP) is 4.67.